The van der Waals surface area contributed by atoms with Gasteiger partial charge in [-0.1, -0.05) is 71.7 Å². The quantitative estimate of drug-likeness (QED) is 0.00972. The van der Waals surface area contributed by atoms with E-state index in [1.54, 1.807) is 59.5 Å². The minimum absolute atomic E-state index is 0.0110. The maximum absolute atomic E-state index is 13.9. The summed E-state index contributed by atoms with van der Waals surface area (Å²) in [4.78, 5) is 129. The molecule has 0 spiro atoms. The van der Waals surface area contributed by atoms with Crippen LogP contribution < -0.4 is 31.9 Å². The van der Waals surface area contributed by atoms with Crippen molar-refractivity contribution in [1.29, 1.82) is 0 Å². The highest BCUT2D eigenvalue weighted by Crippen LogP contribution is 2.27. The number of halogens is 1. The van der Waals surface area contributed by atoms with Crippen LogP contribution in [-0.2, 0) is 57.7 Å². The van der Waals surface area contributed by atoms with Crippen LogP contribution in [0.3, 0.4) is 0 Å². The summed E-state index contributed by atoms with van der Waals surface area (Å²) in [6.07, 6.45) is 0.659. The van der Waals surface area contributed by atoms with Gasteiger partial charge in [-0.3, -0.25) is 38.9 Å². The first-order valence-electron chi connectivity index (χ1n) is 24.7. The fraction of sp³-hybridized carbons (Fsp3) is 0.460. The number of hydrogen-bond acceptors (Lipinski definition) is 13. The first-order chi connectivity index (χ1) is 36.8. The Labute approximate surface area is 447 Å². The van der Waals surface area contributed by atoms with Crippen LogP contribution >= 0.6 is 11.6 Å². The van der Waals surface area contributed by atoms with E-state index in [1.165, 1.54) is 6.07 Å². The molecule has 0 bridgehead atoms. The summed E-state index contributed by atoms with van der Waals surface area (Å²) in [6, 6.07) is 12.5. The van der Waals surface area contributed by atoms with Gasteiger partial charge < -0.3 is 57.2 Å². The van der Waals surface area contributed by atoms with Crippen LogP contribution in [0.2, 0.25) is 5.02 Å². The van der Waals surface area contributed by atoms with E-state index in [9.17, 15) is 68.6 Å². The van der Waals surface area contributed by atoms with Crippen LogP contribution in [0.15, 0.2) is 77.9 Å². The van der Waals surface area contributed by atoms with Crippen molar-refractivity contribution in [3.63, 3.8) is 0 Å². The molecule has 3 rings (SSSR count). The second-order valence-corrected chi connectivity index (χ2v) is 18.1. The van der Waals surface area contributed by atoms with Crippen LogP contribution in [0.25, 0.3) is 10.4 Å². The molecule has 3 aromatic rings. The first-order valence-corrected chi connectivity index (χ1v) is 25.1. The van der Waals surface area contributed by atoms with Gasteiger partial charge in [-0.25, -0.2) is 14.4 Å². The Hall–Kier alpha value is -8.51. The van der Waals surface area contributed by atoms with Crippen molar-refractivity contribution >= 4 is 70.8 Å². The number of nitro groups is 1. The first kappa shape index (κ1) is 62.8. The van der Waals surface area contributed by atoms with Gasteiger partial charge in [0.2, 0.25) is 29.5 Å². The number of phenolic OH excluding ortho intramolecular Hbond substituents is 1. The van der Waals surface area contributed by atoms with Crippen LogP contribution in [0.1, 0.15) is 93.7 Å². The number of aromatic hydroxyl groups is 1. The smallest absolute Gasteiger partial charge is 0.326 e. The molecule has 3 aromatic carbocycles. The molecular weight excluding hydrogens is 1030 g/mol. The molecule has 0 saturated heterocycles. The van der Waals surface area contributed by atoms with Gasteiger partial charge in [-0.2, -0.15) is 0 Å². The molecule has 0 aliphatic heterocycles. The molecule has 0 aromatic heterocycles. The van der Waals surface area contributed by atoms with E-state index in [1.807, 2.05) is 0 Å². The highest BCUT2D eigenvalue weighted by Gasteiger charge is 2.29. The number of nitro benzene ring substituents is 1. The Morgan fingerprint density at radius 2 is 1.30 bits per heavy atom. The number of nitrogens with one attached hydrogen (secondary N) is 6. The summed E-state index contributed by atoms with van der Waals surface area (Å²) in [5.74, 6) is -7.48. The van der Waals surface area contributed by atoms with Crippen LogP contribution in [-0.4, -0.2) is 134 Å². The minimum Gasteiger partial charge on any atom is -0.502 e. The zero-order chi connectivity index (χ0) is 56.7. The molecule has 0 aliphatic carbocycles. The number of carboxylic acid groups (broad SMARTS) is 3. The monoisotopic (exact) mass is 1090 g/mol. The lowest BCUT2D eigenvalue weighted by molar-refractivity contribution is -0.385. The largest absolute Gasteiger partial charge is 0.502 e. The van der Waals surface area contributed by atoms with Gasteiger partial charge in [0.1, 0.15) is 24.2 Å². The predicted molar refractivity (Wildman–Crippen MR) is 277 cm³/mol. The van der Waals surface area contributed by atoms with Crippen LogP contribution in [0.4, 0.5) is 10.5 Å². The normalized spacial score (nSPS) is 12.2. The standard InChI is InChI=1S/C50H64ClN11O15/c51-35-14-9-13-34(27-35)31-61(26-8-6-15-36(48(71)72)58-50(75)59-37(49(73)74)18-22-45(67)68)44(66)16-5-2-7-23-53-42(64)20-21-43(65)56-39(28-32-11-3-1-4-12-32)47(70)57-38(46(69)54-24-10-25-55-60-52)29-33-17-19-41(63)40(30-33)62(76)77/h1,3-4,9,11-14,17,19,27,30,36-39,63H,2,5-8,10,15-16,18,20-26,28-29,31H2,(H,53,64)(H,54,69)(H,56,65)(H,57,70)(H,67,68)(H,71,72)(H,73,74)(H2,58,59,75)/t36-,37-,38-,39-/m0/s1. The van der Waals surface area contributed by atoms with Crippen molar-refractivity contribution in [2.45, 2.75) is 121 Å². The number of rotatable bonds is 36. The van der Waals surface area contributed by atoms with Gasteiger partial charge in [-0.15, -0.1) is 0 Å². The third kappa shape index (κ3) is 25.1. The fourth-order valence-corrected chi connectivity index (χ4v) is 7.85. The van der Waals surface area contributed by atoms with Crippen LogP contribution in [0.5, 0.6) is 5.75 Å². The lowest BCUT2D eigenvalue weighted by Gasteiger charge is -2.24. The molecule has 4 atom stereocenters. The van der Waals surface area contributed by atoms with Gasteiger partial charge in [0, 0.05) is 87.2 Å². The van der Waals surface area contributed by atoms with E-state index in [-0.39, 0.29) is 95.6 Å². The number of azide groups is 1. The third-order valence-corrected chi connectivity index (χ3v) is 11.9. The number of nitrogens with zero attached hydrogens (tertiary/aromatic N) is 5. The van der Waals surface area contributed by atoms with Crippen molar-refractivity contribution in [2.75, 3.05) is 26.2 Å². The number of carbonyl (C=O) groups excluding carboxylic acids is 6. The van der Waals surface area contributed by atoms with Gasteiger partial charge in [0.05, 0.1) is 4.92 Å². The molecule has 7 amide bonds. The van der Waals surface area contributed by atoms with Crippen molar-refractivity contribution in [3.8, 4) is 5.75 Å². The van der Waals surface area contributed by atoms with E-state index in [0.29, 0.717) is 36.3 Å². The van der Waals surface area contributed by atoms with Gasteiger partial charge in [-0.05, 0) is 85.4 Å². The zero-order valence-electron chi connectivity index (χ0n) is 42.1. The third-order valence-electron chi connectivity index (χ3n) is 11.6. The van der Waals surface area contributed by atoms with E-state index in [4.69, 9.17) is 22.2 Å². The summed E-state index contributed by atoms with van der Waals surface area (Å²) in [5, 5.41) is 68.2. The summed E-state index contributed by atoms with van der Waals surface area (Å²) in [6.45, 7) is 0.797. The number of phenols is 1. The molecule has 77 heavy (non-hydrogen) atoms. The lowest BCUT2D eigenvalue weighted by Crippen LogP contribution is -2.55. The second-order valence-electron chi connectivity index (χ2n) is 17.7. The van der Waals surface area contributed by atoms with E-state index in [0.717, 1.165) is 17.7 Å². The van der Waals surface area contributed by atoms with E-state index >= 15 is 0 Å². The molecule has 416 valence electrons. The summed E-state index contributed by atoms with van der Waals surface area (Å²) < 4.78 is 0. The summed E-state index contributed by atoms with van der Waals surface area (Å²) >= 11 is 6.19. The van der Waals surface area contributed by atoms with Crippen LogP contribution in [0, 0.1) is 10.1 Å². The Bertz CT molecular complexity index is 2570. The van der Waals surface area contributed by atoms with Crippen molar-refractivity contribution < 1.29 is 68.5 Å². The lowest BCUT2D eigenvalue weighted by atomic mass is 10.0. The molecule has 0 unspecified atom stereocenters. The van der Waals surface area contributed by atoms with Gasteiger partial charge in [0.15, 0.2) is 5.75 Å². The van der Waals surface area contributed by atoms with Gasteiger partial charge >= 0.3 is 29.6 Å². The average Bonchev–Trinajstić information content (AvgIpc) is 3.38. The number of aliphatic carboxylic acids is 3. The Morgan fingerprint density at radius 3 is 1.96 bits per heavy atom. The molecule has 0 radical (unpaired) electrons. The molecule has 0 aliphatic rings. The predicted octanol–water partition coefficient (Wildman–Crippen LogP) is 4.25. The second kappa shape index (κ2) is 34.1. The fourth-order valence-electron chi connectivity index (χ4n) is 7.63. The molecular formula is C50H64ClN11O15. The number of unbranched alkanes of at least 4 members (excludes halogenated alkanes) is 3. The summed E-state index contributed by atoms with van der Waals surface area (Å²) in [5.41, 5.74) is 9.59. The van der Waals surface area contributed by atoms with Gasteiger partial charge in [0.25, 0.3) is 0 Å². The molecule has 10 N–H and O–H groups in total. The number of urea groups is 1. The molecule has 0 heterocycles. The number of hydrogen-bond donors (Lipinski definition) is 10. The van der Waals surface area contributed by atoms with E-state index < -0.39 is 101 Å². The number of carboxylic acids is 3. The molecule has 26 nitrogen and oxygen atoms in total. The maximum atomic E-state index is 13.9. The molecule has 27 heteroatoms. The number of carbonyl (C=O) groups is 9. The molecule has 0 saturated carbocycles. The Morgan fingerprint density at radius 1 is 0.649 bits per heavy atom. The number of benzene rings is 3. The molecule has 0 fully saturated rings. The van der Waals surface area contributed by atoms with Crippen molar-refractivity contribution in [1.82, 2.24) is 36.8 Å². The Kier molecular flexibility index (Phi) is 27.8. The average molecular weight is 1090 g/mol. The minimum atomic E-state index is -1.56. The highest BCUT2D eigenvalue weighted by atomic mass is 35.5. The Balaban J connectivity index is 1.53. The topological polar surface area (TPSA) is 402 Å². The highest BCUT2D eigenvalue weighted by molar-refractivity contribution is 6.30. The SMILES string of the molecule is [N-]=[N+]=NCCCNC(=O)[C@H](Cc1ccc(O)c([N+](=O)[O-])c1)NC(=O)[C@H](Cc1ccccc1)NC(=O)CCC(=O)NCCCCCC(=O)N(CCCC[C@H](NC(=O)N[C@@H](CCC(=O)O)C(=O)O)C(=O)O)Cc1cccc(Cl)c1. The van der Waals surface area contributed by atoms with Crippen molar-refractivity contribution in [3.05, 3.63) is 115 Å². The maximum Gasteiger partial charge on any atom is 0.326 e. The zero-order valence-corrected chi connectivity index (χ0v) is 42.8. The van der Waals surface area contributed by atoms with Crippen molar-refractivity contribution in [2.24, 2.45) is 5.11 Å². The van der Waals surface area contributed by atoms with E-state index in [2.05, 4.69) is 41.9 Å². The number of amides is 7. The summed E-state index contributed by atoms with van der Waals surface area (Å²) in [7, 11) is 0.